The fourth-order valence-electron chi connectivity index (χ4n) is 3.93. The van der Waals surface area contributed by atoms with E-state index in [-0.39, 0.29) is 0 Å². The van der Waals surface area contributed by atoms with Crippen molar-refractivity contribution in [3.8, 4) is 11.5 Å². The third kappa shape index (κ3) is 4.47. The lowest BCUT2D eigenvalue weighted by atomic mass is 10.1. The number of piperazine rings is 1. The molecule has 1 N–H and O–H groups in total. The predicted molar refractivity (Wildman–Crippen MR) is 117 cm³/mol. The van der Waals surface area contributed by atoms with E-state index in [1.807, 2.05) is 42.5 Å². The van der Waals surface area contributed by atoms with Crippen LogP contribution in [0.1, 0.15) is 6.42 Å². The molecule has 1 unspecified atom stereocenters. The lowest BCUT2D eigenvalue weighted by Gasteiger charge is -2.38. The predicted octanol–water partition coefficient (Wildman–Crippen LogP) is 3.76. The maximum Gasteiger partial charge on any atom is 0.142 e. The minimum atomic E-state index is -0.496. The Hall–Kier alpha value is -2.76. The molecule has 152 valence electrons. The van der Waals surface area contributed by atoms with Crippen LogP contribution in [-0.2, 0) is 0 Å². The second-order valence-corrected chi connectivity index (χ2v) is 7.29. The Morgan fingerprint density at radius 1 is 0.862 bits per heavy atom. The van der Waals surface area contributed by atoms with E-state index in [9.17, 15) is 5.11 Å². The van der Waals surface area contributed by atoms with Crippen LogP contribution >= 0.6 is 0 Å². The summed E-state index contributed by atoms with van der Waals surface area (Å²) in [5.41, 5.74) is 1.11. The number of hydrogen-bond donors (Lipinski definition) is 1. The first-order valence-electron chi connectivity index (χ1n) is 10.2. The molecule has 0 aliphatic carbocycles. The van der Waals surface area contributed by atoms with E-state index in [0.717, 1.165) is 54.1 Å². The molecular formula is C24H28N2O3. The summed E-state index contributed by atoms with van der Waals surface area (Å²) in [4.78, 5) is 4.44. The molecule has 0 spiro atoms. The van der Waals surface area contributed by atoms with Gasteiger partial charge in [0.1, 0.15) is 17.7 Å². The van der Waals surface area contributed by atoms with Gasteiger partial charge in [0.25, 0.3) is 0 Å². The topological polar surface area (TPSA) is 45.2 Å². The molecular weight excluding hydrogens is 364 g/mol. The fourth-order valence-corrected chi connectivity index (χ4v) is 3.93. The molecule has 4 rings (SSSR count). The zero-order chi connectivity index (χ0) is 20.1. The normalized spacial score (nSPS) is 16.0. The van der Waals surface area contributed by atoms with Crippen LogP contribution in [0.3, 0.4) is 0 Å². The summed E-state index contributed by atoms with van der Waals surface area (Å²) in [5, 5.41) is 12.9. The molecule has 0 radical (unpaired) electrons. The molecule has 1 atom stereocenters. The van der Waals surface area contributed by atoms with E-state index in [2.05, 4.69) is 34.1 Å². The molecule has 0 aromatic heterocycles. The Morgan fingerprint density at radius 3 is 2.38 bits per heavy atom. The number of para-hydroxylation sites is 2. The molecule has 1 heterocycles. The van der Waals surface area contributed by atoms with Crippen molar-refractivity contribution in [1.29, 1.82) is 0 Å². The second-order valence-electron chi connectivity index (χ2n) is 7.29. The second kappa shape index (κ2) is 9.16. The minimum Gasteiger partial charge on any atom is -0.495 e. The van der Waals surface area contributed by atoms with Crippen molar-refractivity contribution in [3.63, 3.8) is 0 Å². The van der Waals surface area contributed by atoms with Crippen LogP contribution in [-0.4, -0.2) is 56.1 Å². The Morgan fingerprint density at radius 2 is 1.55 bits per heavy atom. The Kier molecular flexibility index (Phi) is 6.17. The molecule has 1 fully saturated rings. The van der Waals surface area contributed by atoms with E-state index in [1.165, 1.54) is 0 Å². The van der Waals surface area contributed by atoms with Crippen LogP contribution in [0, 0.1) is 0 Å². The van der Waals surface area contributed by atoms with Gasteiger partial charge in [-0.2, -0.15) is 0 Å². The SMILES string of the molecule is COc1ccccc1N1CCN(C(O)CCOc2cccc3ccccc23)CC1. The molecule has 1 aliphatic rings. The number of nitrogens with zero attached hydrogens (tertiary/aromatic N) is 2. The lowest BCUT2D eigenvalue weighted by Crippen LogP contribution is -2.50. The Balaban J connectivity index is 1.28. The van der Waals surface area contributed by atoms with Crippen molar-refractivity contribution in [2.75, 3.05) is 44.8 Å². The van der Waals surface area contributed by atoms with Gasteiger partial charge in [0.15, 0.2) is 0 Å². The van der Waals surface area contributed by atoms with Gasteiger partial charge in [0, 0.05) is 38.0 Å². The van der Waals surface area contributed by atoms with Gasteiger partial charge in [-0.25, -0.2) is 0 Å². The first-order valence-corrected chi connectivity index (χ1v) is 10.2. The van der Waals surface area contributed by atoms with Crippen LogP contribution in [0.5, 0.6) is 11.5 Å². The van der Waals surface area contributed by atoms with Gasteiger partial charge < -0.3 is 19.5 Å². The summed E-state index contributed by atoms with van der Waals surface area (Å²) in [6.45, 7) is 3.84. The van der Waals surface area contributed by atoms with E-state index < -0.39 is 6.23 Å². The number of benzene rings is 3. The summed E-state index contributed by atoms with van der Waals surface area (Å²) < 4.78 is 11.5. The van der Waals surface area contributed by atoms with Crippen LogP contribution in [0.4, 0.5) is 5.69 Å². The average molecular weight is 392 g/mol. The van der Waals surface area contributed by atoms with Gasteiger partial charge >= 0.3 is 0 Å². The maximum atomic E-state index is 10.6. The number of fused-ring (bicyclic) bond motifs is 1. The average Bonchev–Trinajstić information content (AvgIpc) is 2.79. The van der Waals surface area contributed by atoms with Crippen LogP contribution in [0.25, 0.3) is 10.8 Å². The maximum absolute atomic E-state index is 10.6. The number of methoxy groups -OCH3 is 1. The van der Waals surface area contributed by atoms with Crippen LogP contribution < -0.4 is 14.4 Å². The molecule has 0 bridgehead atoms. The number of hydrogen-bond acceptors (Lipinski definition) is 5. The molecule has 29 heavy (non-hydrogen) atoms. The van der Waals surface area contributed by atoms with Gasteiger partial charge in [-0.15, -0.1) is 0 Å². The standard InChI is InChI=1S/C24H28N2O3/c1-28-23-11-5-4-10-21(23)25-14-16-26(17-15-25)24(27)13-18-29-22-12-6-8-19-7-2-3-9-20(19)22/h2-12,24,27H,13-18H2,1H3. The lowest BCUT2D eigenvalue weighted by molar-refractivity contribution is -0.0133. The van der Waals surface area contributed by atoms with E-state index in [4.69, 9.17) is 9.47 Å². The molecule has 1 aliphatic heterocycles. The molecule has 3 aromatic carbocycles. The first-order chi connectivity index (χ1) is 14.3. The Bertz CT molecular complexity index is 933. The van der Waals surface area contributed by atoms with Crippen LogP contribution in [0.2, 0.25) is 0 Å². The minimum absolute atomic E-state index is 0.488. The smallest absolute Gasteiger partial charge is 0.142 e. The number of aliphatic hydroxyl groups excluding tert-OH is 1. The third-order valence-electron chi connectivity index (χ3n) is 5.54. The van der Waals surface area contributed by atoms with Crippen molar-refractivity contribution in [2.24, 2.45) is 0 Å². The summed E-state index contributed by atoms with van der Waals surface area (Å²) in [5.74, 6) is 1.77. The Labute approximate surface area is 172 Å². The molecule has 5 nitrogen and oxygen atoms in total. The number of aliphatic hydroxyl groups is 1. The molecule has 1 saturated heterocycles. The summed E-state index contributed by atoms with van der Waals surface area (Å²) in [6, 6.07) is 22.4. The van der Waals surface area contributed by atoms with Gasteiger partial charge in [-0.05, 0) is 23.6 Å². The molecule has 3 aromatic rings. The van der Waals surface area contributed by atoms with E-state index in [1.54, 1.807) is 7.11 Å². The third-order valence-corrected chi connectivity index (χ3v) is 5.54. The number of rotatable bonds is 7. The zero-order valence-corrected chi connectivity index (χ0v) is 16.8. The first kappa shape index (κ1) is 19.6. The van der Waals surface area contributed by atoms with Crippen molar-refractivity contribution in [1.82, 2.24) is 4.90 Å². The molecule has 0 amide bonds. The largest absolute Gasteiger partial charge is 0.495 e. The van der Waals surface area contributed by atoms with Crippen LogP contribution in [0.15, 0.2) is 66.7 Å². The number of anilines is 1. The highest BCUT2D eigenvalue weighted by atomic mass is 16.5. The van der Waals surface area contributed by atoms with Crippen molar-refractivity contribution >= 4 is 16.5 Å². The van der Waals surface area contributed by atoms with E-state index in [0.29, 0.717) is 13.0 Å². The summed E-state index contributed by atoms with van der Waals surface area (Å²) in [7, 11) is 1.70. The van der Waals surface area contributed by atoms with Crippen molar-refractivity contribution < 1.29 is 14.6 Å². The van der Waals surface area contributed by atoms with Crippen molar-refractivity contribution in [3.05, 3.63) is 66.7 Å². The zero-order valence-electron chi connectivity index (χ0n) is 16.8. The van der Waals surface area contributed by atoms with Crippen molar-refractivity contribution in [2.45, 2.75) is 12.6 Å². The number of ether oxygens (including phenoxy) is 2. The molecule has 0 saturated carbocycles. The monoisotopic (exact) mass is 392 g/mol. The van der Waals surface area contributed by atoms with Gasteiger partial charge in [0.2, 0.25) is 0 Å². The van der Waals surface area contributed by atoms with Gasteiger partial charge in [0.05, 0.1) is 19.4 Å². The van der Waals surface area contributed by atoms with Gasteiger partial charge in [-0.3, -0.25) is 4.90 Å². The highest BCUT2D eigenvalue weighted by Gasteiger charge is 2.23. The quantitative estimate of drug-likeness (QED) is 0.663. The summed E-state index contributed by atoms with van der Waals surface area (Å²) >= 11 is 0. The molecule has 5 heteroatoms. The fraction of sp³-hybridized carbons (Fsp3) is 0.333. The highest BCUT2D eigenvalue weighted by Crippen LogP contribution is 2.29. The highest BCUT2D eigenvalue weighted by molar-refractivity contribution is 5.88. The van der Waals surface area contributed by atoms with E-state index >= 15 is 0 Å². The summed E-state index contributed by atoms with van der Waals surface area (Å²) in [6.07, 6.45) is 0.0857. The van der Waals surface area contributed by atoms with Gasteiger partial charge in [-0.1, -0.05) is 48.5 Å².